The number of hydrogen-bond donors (Lipinski definition) is 2. The third kappa shape index (κ3) is 3.10. The molecule has 1 fully saturated rings. The Morgan fingerprint density at radius 3 is 2.42 bits per heavy atom. The van der Waals surface area contributed by atoms with Crippen molar-refractivity contribution in [1.82, 2.24) is 10.6 Å². The largest absolute Gasteiger partial charge is 0.497 e. The molecule has 1 aliphatic rings. The fraction of sp³-hybridized carbons (Fsp3) is 0.0833. The maximum atomic E-state index is 11.7. The summed E-state index contributed by atoms with van der Waals surface area (Å²) in [4.78, 5) is 23.3. The first-order valence-corrected chi connectivity index (χ1v) is 6.01. The molecule has 0 aromatic heterocycles. The molecular formula is C12H9ClN2O3S. The van der Waals surface area contributed by atoms with Crippen LogP contribution in [0.15, 0.2) is 23.8 Å². The molecule has 0 saturated carbocycles. The second kappa shape index (κ2) is 5.38. The molecule has 2 amide bonds. The number of carbonyl (C=O) groups excluding carboxylic acids is 2. The lowest BCUT2D eigenvalue weighted by atomic mass is 10.1. The van der Waals surface area contributed by atoms with E-state index in [0.29, 0.717) is 16.3 Å². The molecule has 1 aliphatic heterocycles. The van der Waals surface area contributed by atoms with Gasteiger partial charge in [-0.1, -0.05) is 11.6 Å². The molecule has 1 aromatic rings. The number of ether oxygens (including phenoxy) is 1. The van der Waals surface area contributed by atoms with E-state index in [1.165, 1.54) is 13.2 Å². The van der Waals surface area contributed by atoms with E-state index in [9.17, 15) is 9.59 Å². The summed E-state index contributed by atoms with van der Waals surface area (Å²) in [5.74, 6) is -0.563. The summed E-state index contributed by atoms with van der Waals surface area (Å²) in [7, 11) is 1.50. The normalized spacial score (nSPS) is 14.8. The van der Waals surface area contributed by atoms with E-state index in [1.807, 2.05) is 0 Å². The monoisotopic (exact) mass is 296 g/mol. The molecule has 7 heteroatoms. The Hall–Kier alpha value is -1.92. The van der Waals surface area contributed by atoms with Gasteiger partial charge < -0.3 is 4.74 Å². The van der Waals surface area contributed by atoms with Gasteiger partial charge in [-0.3, -0.25) is 20.2 Å². The van der Waals surface area contributed by atoms with Gasteiger partial charge in [0.15, 0.2) is 5.11 Å². The first kappa shape index (κ1) is 13.5. The van der Waals surface area contributed by atoms with Gasteiger partial charge in [0.2, 0.25) is 0 Å². The molecule has 2 rings (SSSR count). The summed E-state index contributed by atoms with van der Waals surface area (Å²) in [6, 6.07) is 4.90. The number of benzene rings is 1. The second-order valence-electron chi connectivity index (χ2n) is 3.72. The zero-order valence-corrected chi connectivity index (χ0v) is 11.4. The minimum atomic E-state index is -0.548. The van der Waals surface area contributed by atoms with Crippen molar-refractivity contribution < 1.29 is 14.3 Å². The zero-order chi connectivity index (χ0) is 14.0. The zero-order valence-electron chi connectivity index (χ0n) is 9.82. The molecule has 19 heavy (non-hydrogen) atoms. The minimum absolute atomic E-state index is 0.00387. The Balaban J connectivity index is 2.40. The number of nitrogens with one attached hydrogen (secondary N) is 2. The van der Waals surface area contributed by atoms with Crippen LogP contribution in [0.5, 0.6) is 5.75 Å². The van der Waals surface area contributed by atoms with Crippen molar-refractivity contribution in [2.24, 2.45) is 0 Å². The van der Waals surface area contributed by atoms with E-state index in [-0.39, 0.29) is 10.7 Å². The van der Waals surface area contributed by atoms with E-state index >= 15 is 0 Å². The van der Waals surface area contributed by atoms with Crippen LogP contribution in [0.1, 0.15) is 5.56 Å². The quantitative estimate of drug-likeness (QED) is 0.490. The fourth-order valence-electron chi connectivity index (χ4n) is 1.56. The molecule has 2 N–H and O–H groups in total. The summed E-state index contributed by atoms with van der Waals surface area (Å²) in [5.41, 5.74) is 0.537. The van der Waals surface area contributed by atoms with Gasteiger partial charge in [-0.25, -0.2) is 0 Å². The predicted molar refractivity (Wildman–Crippen MR) is 74.9 cm³/mol. The number of halogens is 1. The van der Waals surface area contributed by atoms with Crippen LogP contribution in [-0.4, -0.2) is 24.0 Å². The first-order chi connectivity index (χ1) is 8.99. The highest BCUT2D eigenvalue weighted by Crippen LogP contribution is 2.22. The van der Waals surface area contributed by atoms with Gasteiger partial charge in [0.1, 0.15) is 11.3 Å². The summed E-state index contributed by atoms with van der Waals surface area (Å²) in [6.07, 6.45) is 1.42. The molecule has 1 heterocycles. The molecule has 0 aliphatic carbocycles. The summed E-state index contributed by atoms with van der Waals surface area (Å²) >= 11 is 10.6. The van der Waals surface area contributed by atoms with Crippen molar-refractivity contribution in [3.8, 4) is 5.75 Å². The maximum Gasteiger partial charge on any atom is 0.263 e. The van der Waals surface area contributed by atoms with Crippen molar-refractivity contribution >= 4 is 46.8 Å². The molecule has 1 aromatic carbocycles. The van der Waals surface area contributed by atoms with Gasteiger partial charge in [0.05, 0.1) is 7.11 Å². The molecule has 0 atom stereocenters. The third-order valence-electron chi connectivity index (χ3n) is 2.38. The van der Waals surface area contributed by atoms with Gasteiger partial charge in [0, 0.05) is 5.02 Å². The third-order valence-corrected chi connectivity index (χ3v) is 2.81. The van der Waals surface area contributed by atoms with Crippen LogP contribution in [0, 0.1) is 0 Å². The summed E-state index contributed by atoms with van der Waals surface area (Å²) in [6.45, 7) is 0. The van der Waals surface area contributed by atoms with Crippen molar-refractivity contribution in [2.75, 3.05) is 7.11 Å². The van der Waals surface area contributed by atoms with Crippen LogP contribution in [0.25, 0.3) is 6.08 Å². The van der Waals surface area contributed by atoms with Crippen LogP contribution >= 0.6 is 23.8 Å². The van der Waals surface area contributed by atoms with E-state index < -0.39 is 11.8 Å². The van der Waals surface area contributed by atoms with Gasteiger partial charge >= 0.3 is 0 Å². The first-order valence-electron chi connectivity index (χ1n) is 5.22. The molecule has 1 saturated heterocycles. The van der Waals surface area contributed by atoms with Crippen LogP contribution < -0.4 is 15.4 Å². The Morgan fingerprint density at radius 1 is 1.21 bits per heavy atom. The van der Waals surface area contributed by atoms with Crippen LogP contribution in [0.4, 0.5) is 0 Å². The number of thiocarbonyl (C=S) groups is 1. The SMILES string of the molecule is COc1cc(Cl)cc(C=C2C(=O)NC(=S)NC2=O)c1. The lowest BCUT2D eigenvalue weighted by Crippen LogP contribution is -2.51. The van der Waals surface area contributed by atoms with Gasteiger partial charge in [-0.2, -0.15) is 0 Å². The second-order valence-corrected chi connectivity index (χ2v) is 4.56. The van der Waals surface area contributed by atoms with Crippen molar-refractivity contribution in [3.05, 3.63) is 34.4 Å². The Kier molecular flexibility index (Phi) is 3.82. The molecule has 0 bridgehead atoms. The molecule has 5 nitrogen and oxygen atoms in total. The maximum absolute atomic E-state index is 11.7. The summed E-state index contributed by atoms with van der Waals surface area (Å²) in [5, 5.41) is 5.14. The molecule has 0 unspecified atom stereocenters. The van der Waals surface area contributed by atoms with Crippen LogP contribution in [0.2, 0.25) is 5.02 Å². The number of amides is 2. The molecule has 98 valence electrons. The average Bonchev–Trinajstić information content (AvgIpc) is 2.33. The minimum Gasteiger partial charge on any atom is -0.497 e. The number of methoxy groups -OCH3 is 1. The number of rotatable bonds is 2. The lowest BCUT2D eigenvalue weighted by molar-refractivity contribution is -0.123. The average molecular weight is 297 g/mol. The van der Waals surface area contributed by atoms with Gasteiger partial charge in [0.25, 0.3) is 11.8 Å². The van der Waals surface area contributed by atoms with Crippen molar-refractivity contribution in [3.63, 3.8) is 0 Å². The van der Waals surface area contributed by atoms with Crippen LogP contribution in [-0.2, 0) is 9.59 Å². The van der Waals surface area contributed by atoms with E-state index in [2.05, 4.69) is 10.6 Å². The van der Waals surface area contributed by atoms with E-state index in [1.54, 1.807) is 18.2 Å². The highest BCUT2D eigenvalue weighted by Gasteiger charge is 2.25. The standard InChI is InChI=1S/C12H9ClN2O3S/c1-18-8-3-6(2-7(13)5-8)4-9-10(16)14-12(19)15-11(9)17/h2-5H,1H3,(H2,14,15,16,17,19). The lowest BCUT2D eigenvalue weighted by Gasteiger charge is -2.16. The highest BCUT2D eigenvalue weighted by molar-refractivity contribution is 7.80. The van der Waals surface area contributed by atoms with Crippen LogP contribution in [0.3, 0.4) is 0 Å². The highest BCUT2D eigenvalue weighted by atomic mass is 35.5. The van der Waals surface area contributed by atoms with E-state index in [0.717, 1.165) is 0 Å². The van der Waals surface area contributed by atoms with Crippen molar-refractivity contribution in [1.29, 1.82) is 0 Å². The topological polar surface area (TPSA) is 67.4 Å². The molecule has 0 spiro atoms. The van der Waals surface area contributed by atoms with Gasteiger partial charge in [-0.05, 0) is 42.1 Å². The van der Waals surface area contributed by atoms with E-state index in [4.69, 9.17) is 28.6 Å². The fourth-order valence-corrected chi connectivity index (χ4v) is 1.98. The molecule has 0 radical (unpaired) electrons. The van der Waals surface area contributed by atoms with Gasteiger partial charge in [-0.15, -0.1) is 0 Å². The summed E-state index contributed by atoms with van der Waals surface area (Å²) < 4.78 is 5.06. The number of hydrogen-bond acceptors (Lipinski definition) is 4. The smallest absolute Gasteiger partial charge is 0.263 e. The number of carbonyl (C=O) groups is 2. The molecular weight excluding hydrogens is 288 g/mol. The Morgan fingerprint density at radius 2 is 1.84 bits per heavy atom. The Bertz CT molecular complexity index is 591. The Labute approximate surface area is 119 Å². The predicted octanol–water partition coefficient (Wildman–Crippen LogP) is 1.26. The van der Waals surface area contributed by atoms with Crippen molar-refractivity contribution in [2.45, 2.75) is 0 Å².